The second-order valence-electron chi connectivity index (χ2n) is 6.11. The maximum Gasteiger partial charge on any atom is 0.122 e. The lowest BCUT2D eigenvalue weighted by Crippen LogP contribution is -2.33. The van der Waals surface area contributed by atoms with Crippen LogP contribution in [0.25, 0.3) is 0 Å². The molecule has 1 aliphatic heterocycles. The van der Waals surface area contributed by atoms with Crippen LogP contribution in [0.4, 0.5) is 0 Å². The predicted octanol–water partition coefficient (Wildman–Crippen LogP) is 4.06. The molecule has 0 aromatic heterocycles. The van der Waals surface area contributed by atoms with Gasteiger partial charge in [0.25, 0.3) is 0 Å². The van der Waals surface area contributed by atoms with Crippen LogP contribution in [0.3, 0.4) is 0 Å². The lowest BCUT2D eigenvalue weighted by Gasteiger charge is -2.19. The summed E-state index contributed by atoms with van der Waals surface area (Å²) in [7, 11) is 0. The molecular formula is C18H29NOS. The first kappa shape index (κ1) is 16.7. The number of benzene rings is 1. The van der Waals surface area contributed by atoms with E-state index in [1.54, 1.807) is 0 Å². The molecule has 3 heteroatoms. The molecule has 1 heterocycles. The van der Waals surface area contributed by atoms with E-state index < -0.39 is 0 Å². The number of nitrogens with one attached hydrogen (secondary N) is 1. The quantitative estimate of drug-likeness (QED) is 0.743. The normalized spacial score (nSPS) is 15.0. The molecule has 0 fully saturated rings. The SMILES string of the molecule is CCCNC(CCc1ccc2c(c1)CCO2)CSC(C)C. The lowest BCUT2D eigenvalue weighted by molar-refractivity contribution is 0.357. The third-order valence-electron chi connectivity index (χ3n) is 3.85. The Balaban J connectivity index is 1.84. The van der Waals surface area contributed by atoms with Gasteiger partial charge in [-0.05, 0) is 48.3 Å². The van der Waals surface area contributed by atoms with E-state index in [2.05, 4.69) is 56.0 Å². The fourth-order valence-electron chi connectivity index (χ4n) is 2.64. The van der Waals surface area contributed by atoms with E-state index >= 15 is 0 Å². The molecule has 0 aliphatic carbocycles. The maximum absolute atomic E-state index is 5.58. The second kappa shape index (κ2) is 8.70. The molecule has 1 aromatic carbocycles. The van der Waals surface area contributed by atoms with Gasteiger partial charge >= 0.3 is 0 Å². The molecule has 21 heavy (non-hydrogen) atoms. The van der Waals surface area contributed by atoms with Crippen molar-refractivity contribution in [2.45, 2.75) is 57.7 Å². The summed E-state index contributed by atoms with van der Waals surface area (Å²) in [6.45, 7) is 8.77. The minimum Gasteiger partial charge on any atom is -0.493 e. The van der Waals surface area contributed by atoms with Crippen molar-refractivity contribution in [1.82, 2.24) is 5.32 Å². The Bertz CT molecular complexity index is 433. The number of hydrogen-bond acceptors (Lipinski definition) is 3. The summed E-state index contributed by atoms with van der Waals surface area (Å²) in [5.41, 5.74) is 2.85. The summed E-state index contributed by atoms with van der Waals surface area (Å²) >= 11 is 2.06. The lowest BCUT2D eigenvalue weighted by atomic mass is 10.0. The highest BCUT2D eigenvalue weighted by atomic mass is 32.2. The van der Waals surface area contributed by atoms with Crippen LogP contribution in [0, 0.1) is 0 Å². The summed E-state index contributed by atoms with van der Waals surface area (Å²) in [5, 5.41) is 4.42. The molecule has 1 N–H and O–H groups in total. The number of ether oxygens (including phenoxy) is 1. The zero-order valence-corrected chi connectivity index (χ0v) is 14.5. The molecule has 1 unspecified atom stereocenters. The molecule has 2 nitrogen and oxygen atoms in total. The van der Waals surface area contributed by atoms with Crippen molar-refractivity contribution >= 4 is 11.8 Å². The molecule has 0 spiro atoms. The van der Waals surface area contributed by atoms with Crippen molar-refractivity contribution in [3.05, 3.63) is 29.3 Å². The second-order valence-corrected chi connectivity index (χ2v) is 7.72. The Labute approximate surface area is 134 Å². The Morgan fingerprint density at radius 3 is 2.95 bits per heavy atom. The minimum absolute atomic E-state index is 0.627. The molecule has 0 radical (unpaired) electrons. The molecule has 2 rings (SSSR count). The maximum atomic E-state index is 5.58. The van der Waals surface area contributed by atoms with Crippen LogP contribution < -0.4 is 10.1 Å². The van der Waals surface area contributed by atoms with E-state index in [0.29, 0.717) is 11.3 Å². The van der Waals surface area contributed by atoms with Gasteiger partial charge in [0.05, 0.1) is 6.61 Å². The van der Waals surface area contributed by atoms with Crippen molar-refractivity contribution in [3.8, 4) is 5.75 Å². The molecule has 1 aromatic rings. The average Bonchev–Trinajstić information content (AvgIpc) is 2.93. The molecule has 0 bridgehead atoms. The van der Waals surface area contributed by atoms with Gasteiger partial charge < -0.3 is 10.1 Å². The van der Waals surface area contributed by atoms with Gasteiger partial charge in [-0.1, -0.05) is 32.9 Å². The summed E-state index contributed by atoms with van der Waals surface area (Å²) in [5.74, 6) is 2.31. The smallest absolute Gasteiger partial charge is 0.122 e. The van der Waals surface area contributed by atoms with E-state index in [-0.39, 0.29) is 0 Å². The highest BCUT2D eigenvalue weighted by Gasteiger charge is 2.13. The largest absolute Gasteiger partial charge is 0.493 e. The van der Waals surface area contributed by atoms with Gasteiger partial charge in [-0.3, -0.25) is 0 Å². The highest BCUT2D eigenvalue weighted by molar-refractivity contribution is 7.99. The zero-order valence-electron chi connectivity index (χ0n) is 13.7. The Hall–Kier alpha value is -0.670. The van der Waals surface area contributed by atoms with Crippen LogP contribution in [0.15, 0.2) is 18.2 Å². The zero-order chi connectivity index (χ0) is 15.1. The van der Waals surface area contributed by atoms with Crippen molar-refractivity contribution in [2.24, 2.45) is 0 Å². The Morgan fingerprint density at radius 2 is 2.19 bits per heavy atom. The van der Waals surface area contributed by atoms with Crippen LogP contribution in [0.2, 0.25) is 0 Å². The standard InChI is InChI=1S/C18H29NOS/c1-4-10-19-17(13-21-14(2)3)7-5-15-6-8-18-16(12-15)9-11-20-18/h6,8,12,14,17,19H,4-5,7,9-11,13H2,1-3H3. The molecule has 0 amide bonds. The fraction of sp³-hybridized carbons (Fsp3) is 0.667. The van der Waals surface area contributed by atoms with E-state index in [1.165, 1.54) is 29.7 Å². The highest BCUT2D eigenvalue weighted by Crippen LogP contribution is 2.26. The van der Waals surface area contributed by atoms with Crippen molar-refractivity contribution < 1.29 is 4.74 Å². The molecule has 0 saturated carbocycles. The van der Waals surface area contributed by atoms with Crippen molar-refractivity contribution in [2.75, 3.05) is 18.9 Å². The first-order valence-electron chi connectivity index (χ1n) is 8.28. The van der Waals surface area contributed by atoms with Gasteiger partial charge in [0.2, 0.25) is 0 Å². The summed E-state index contributed by atoms with van der Waals surface area (Å²) < 4.78 is 5.58. The summed E-state index contributed by atoms with van der Waals surface area (Å²) in [6.07, 6.45) is 4.66. The number of fused-ring (bicyclic) bond motifs is 1. The third-order valence-corrected chi connectivity index (χ3v) is 5.11. The Morgan fingerprint density at radius 1 is 1.33 bits per heavy atom. The first-order valence-corrected chi connectivity index (χ1v) is 9.33. The van der Waals surface area contributed by atoms with Gasteiger partial charge in [-0.15, -0.1) is 0 Å². The molecule has 0 saturated heterocycles. The van der Waals surface area contributed by atoms with Gasteiger partial charge in [-0.2, -0.15) is 11.8 Å². The molecular weight excluding hydrogens is 278 g/mol. The number of hydrogen-bond donors (Lipinski definition) is 1. The first-order chi connectivity index (χ1) is 10.2. The topological polar surface area (TPSA) is 21.3 Å². The van der Waals surface area contributed by atoms with Crippen LogP contribution in [-0.4, -0.2) is 30.2 Å². The van der Waals surface area contributed by atoms with E-state index in [0.717, 1.165) is 31.7 Å². The number of thioether (sulfide) groups is 1. The Kier molecular flexibility index (Phi) is 6.91. The average molecular weight is 308 g/mol. The van der Waals surface area contributed by atoms with Gasteiger partial charge in [0.15, 0.2) is 0 Å². The predicted molar refractivity (Wildman–Crippen MR) is 93.6 cm³/mol. The van der Waals surface area contributed by atoms with Gasteiger partial charge in [0, 0.05) is 18.2 Å². The minimum atomic E-state index is 0.627. The van der Waals surface area contributed by atoms with Crippen LogP contribution in [0.5, 0.6) is 5.75 Å². The van der Waals surface area contributed by atoms with E-state index in [1.807, 2.05) is 0 Å². The van der Waals surface area contributed by atoms with Crippen LogP contribution >= 0.6 is 11.8 Å². The van der Waals surface area contributed by atoms with E-state index in [9.17, 15) is 0 Å². The van der Waals surface area contributed by atoms with Crippen LogP contribution in [0.1, 0.15) is 44.7 Å². The van der Waals surface area contributed by atoms with Crippen molar-refractivity contribution in [1.29, 1.82) is 0 Å². The fourth-order valence-corrected chi connectivity index (χ4v) is 3.54. The van der Waals surface area contributed by atoms with E-state index in [4.69, 9.17) is 4.74 Å². The number of aryl methyl sites for hydroxylation is 1. The molecule has 1 atom stereocenters. The molecule has 118 valence electrons. The van der Waals surface area contributed by atoms with Gasteiger partial charge in [-0.25, -0.2) is 0 Å². The summed E-state index contributed by atoms with van der Waals surface area (Å²) in [4.78, 5) is 0. The molecule has 1 aliphatic rings. The van der Waals surface area contributed by atoms with Crippen molar-refractivity contribution in [3.63, 3.8) is 0 Å². The third kappa shape index (κ3) is 5.55. The number of rotatable bonds is 9. The van der Waals surface area contributed by atoms with Crippen LogP contribution in [-0.2, 0) is 12.8 Å². The van der Waals surface area contributed by atoms with Gasteiger partial charge in [0.1, 0.15) is 5.75 Å². The monoisotopic (exact) mass is 307 g/mol. The summed E-state index contributed by atoms with van der Waals surface area (Å²) in [6, 6.07) is 7.35.